The summed E-state index contributed by atoms with van der Waals surface area (Å²) in [6.45, 7) is 6.30. The van der Waals surface area contributed by atoms with E-state index < -0.39 is 0 Å². The lowest BCUT2D eigenvalue weighted by molar-refractivity contribution is -0.121. The van der Waals surface area contributed by atoms with E-state index in [1.807, 2.05) is 24.3 Å². The number of nitrogens with zero attached hydrogens (tertiary/aromatic N) is 1. The van der Waals surface area contributed by atoms with Crippen molar-refractivity contribution in [1.29, 1.82) is 0 Å². The lowest BCUT2D eigenvalue weighted by atomic mass is 10.1. The van der Waals surface area contributed by atoms with Gasteiger partial charge in [0.15, 0.2) is 0 Å². The van der Waals surface area contributed by atoms with Crippen molar-refractivity contribution in [2.75, 3.05) is 26.2 Å². The monoisotopic (exact) mass is 338 g/mol. The number of benzene rings is 1. The van der Waals surface area contributed by atoms with E-state index in [0.717, 1.165) is 51.1 Å². The third-order valence-electron chi connectivity index (χ3n) is 4.05. The maximum atomic E-state index is 12.0. The first kappa shape index (κ1) is 18.2. The molecule has 1 unspecified atom stereocenters. The number of hydrogen-bond acceptors (Lipinski definition) is 3. The van der Waals surface area contributed by atoms with Crippen LogP contribution < -0.4 is 5.32 Å². The lowest BCUT2D eigenvalue weighted by Crippen LogP contribution is -2.41. The third kappa shape index (κ3) is 6.90. The van der Waals surface area contributed by atoms with Gasteiger partial charge in [-0.05, 0) is 43.5 Å². The highest BCUT2D eigenvalue weighted by Crippen LogP contribution is 2.14. The number of halogens is 1. The Morgan fingerprint density at radius 2 is 2.35 bits per heavy atom. The van der Waals surface area contributed by atoms with Crippen molar-refractivity contribution in [3.8, 4) is 0 Å². The topological polar surface area (TPSA) is 41.6 Å². The van der Waals surface area contributed by atoms with E-state index in [4.69, 9.17) is 16.3 Å². The molecule has 0 aliphatic carbocycles. The standard InChI is InChI=1S/C18H27ClN2O2/c1-2-11-23-17-7-4-9-21(14-17)10-8-18(22)20-13-15-5-3-6-16(19)12-15/h3,5-6,12,17H,2,4,7-11,13-14H2,1H3,(H,20,22). The minimum atomic E-state index is 0.0848. The Kier molecular flexibility index (Phi) is 7.86. The Hall–Kier alpha value is -1.10. The van der Waals surface area contributed by atoms with Crippen molar-refractivity contribution in [2.45, 2.75) is 45.3 Å². The van der Waals surface area contributed by atoms with Gasteiger partial charge in [-0.15, -0.1) is 0 Å². The molecule has 1 aliphatic heterocycles. The van der Waals surface area contributed by atoms with Crippen LogP contribution in [0.5, 0.6) is 0 Å². The molecule has 2 rings (SSSR count). The first-order valence-electron chi connectivity index (χ1n) is 8.52. The van der Waals surface area contributed by atoms with Gasteiger partial charge in [-0.2, -0.15) is 0 Å². The van der Waals surface area contributed by atoms with Crippen LogP contribution in [0.3, 0.4) is 0 Å². The van der Waals surface area contributed by atoms with Gasteiger partial charge in [0.05, 0.1) is 6.10 Å². The normalized spacial score (nSPS) is 18.8. The quantitative estimate of drug-likeness (QED) is 0.791. The molecule has 0 aromatic heterocycles. The second-order valence-corrected chi connectivity index (χ2v) is 6.53. The number of likely N-dealkylation sites (tertiary alicyclic amines) is 1. The molecule has 1 fully saturated rings. The number of hydrogen-bond donors (Lipinski definition) is 1. The first-order valence-corrected chi connectivity index (χ1v) is 8.90. The summed E-state index contributed by atoms with van der Waals surface area (Å²) < 4.78 is 5.83. The van der Waals surface area contributed by atoms with Gasteiger partial charge in [0.1, 0.15) is 0 Å². The summed E-state index contributed by atoms with van der Waals surface area (Å²) >= 11 is 5.94. The lowest BCUT2D eigenvalue weighted by Gasteiger charge is -2.32. The van der Waals surface area contributed by atoms with E-state index >= 15 is 0 Å². The minimum absolute atomic E-state index is 0.0848. The molecule has 0 bridgehead atoms. The third-order valence-corrected chi connectivity index (χ3v) is 4.29. The van der Waals surface area contributed by atoms with Crippen LogP contribution in [0.4, 0.5) is 0 Å². The zero-order valence-corrected chi connectivity index (χ0v) is 14.6. The Morgan fingerprint density at radius 3 is 3.13 bits per heavy atom. The van der Waals surface area contributed by atoms with Crippen LogP contribution in [0.15, 0.2) is 24.3 Å². The second-order valence-electron chi connectivity index (χ2n) is 6.09. The maximum Gasteiger partial charge on any atom is 0.221 e. The largest absolute Gasteiger partial charge is 0.377 e. The number of carbonyl (C=O) groups excluding carboxylic acids is 1. The van der Waals surface area contributed by atoms with Gasteiger partial charge in [-0.3, -0.25) is 4.79 Å². The van der Waals surface area contributed by atoms with Crippen molar-refractivity contribution in [2.24, 2.45) is 0 Å². The highest BCUT2D eigenvalue weighted by molar-refractivity contribution is 6.30. The fourth-order valence-corrected chi connectivity index (χ4v) is 3.05. The number of nitrogens with one attached hydrogen (secondary N) is 1. The van der Waals surface area contributed by atoms with Crippen LogP contribution in [0.2, 0.25) is 5.02 Å². The zero-order chi connectivity index (χ0) is 16.5. The molecule has 1 saturated heterocycles. The highest BCUT2D eigenvalue weighted by Gasteiger charge is 2.20. The smallest absolute Gasteiger partial charge is 0.221 e. The number of piperidine rings is 1. The average Bonchev–Trinajstić information content (AvgIpc) is 2.57. The van der Waals surface area contributed by atoms with Crippen molar-refractivity contribution in [1.82, 2.24) is 10.2 Å². The molecule has 128 valence electrons. The Bertz CT molecular complexity index is 496. The molecule has 5 heteroatoms. The van der Waals surface area contributed by atoms with Crippen LogP contribution in [0.25, 0.3) is 0 Å². The molecule has 1 aliphatic rings. The molecule has 1 atom stereocenters. The maximum absolute atomic E-state index is 12.0. The number of amides is 1. The number of ether oxygens (including phenoxy) is 1. The van der Waals surface area contributed by atoms with E-state index in [2.05, 4.69) is 17.1 Å². The van der Waals surface area contributed by atoms with Crippen LogP contribution in [0.1, 0.15) is 38.2 Å². The fourth-order valence-electron chi connectivity index (χ4n) is 2.83. The van der Waals surface area contributed by atoms with Gasteiger partial charge in [0, 0.05) is 37.7 Å². The van der Waals surface area contributed by atoms with Gasteiger partial charge >= 0.3 is 0 Å². The summed E-state index contributed by atoms with van der Waals surface area (Å²) in [6, 6.07) is 7.57. The molecule has 0 spiro atoms. The first-order chi connectivity index (χ1) is 11.2. The summed E-state index contributed by atoms with van der Waals surface area (Å²) in [4.78, 5) is 14.3. The van der Waals surface area contributed by atoms with Gasteiger partial charge in [-0.25, -0.2) is 0 Å². The van der Waals surface area contributed by atoms with Gasteiger partial charge in [-0.1, -0.05) is 30.7 Å². The van der Waals surface area contributed by atoms with Gasteiger partial charge < -0.3 is 15.0 Å². The minimum Gasteiger partial charge on any atom is -0.377 e. The second kappa shape index (κ2) is 9.91. The van der Waals surface area contributed by atoms with Crippen LogP contribution in [-0.4, -0.2) is 43.2 Å². The van der Waals surface area contributed by atoms with E-state index in [0.29, 0.717) is 24.1 Å². The molecule has 1 heterocycles. The van der Waals surface area contributed by atoms with Crippen LogP contribution in [0, 0.1) is 0 Å². The van der Waals surface area contributed by atoms with Crippen LogP contribution in [-0.2, 0) is 16.1 Å². The van der Waals surface area contributed by atoms with E-state index in [1.165, 1.54) is 0 Å². The summed E-state index contributed by atoms with van der Waals surface area (Å²) in [5.74, 6) is 0.0848. The molecule has 0 radical (unpaired) electrons. The predicted octanol–water partition coefficient (Wildman–Crippen LogP) is 3.24. The Labute approximate surface area is 144 Å². The molecule has 1 aromatic carbocycles. The molecular weight excluding hydrogens is 312 g/mol. The summed E-state index contributed by atoms with van der Waals surface area (Å²) in [5.41, 5.74) is 1.02. The molecule has 23 heavy (non-hydrogen) atoms. The summed E-state index contributed by atoms with van der Waals surface area (Å²) in [7, 11) is 0. The van der Waals surface area contributed by atoms with Crippen molar-refractivity contribution in [3.05, 3.63) is 34.9 Å². The van der Waals surface area contributed by atoms with Crippen LogP contribution >= 0.6 is 11.6 Å². The summed E-state index contributed by atoms with van der Waals surface area (Å²) in [5, 5.41) is 3.65. The van der Waals surface area contributed by atoms with Gasteiger partial charge in [0.25, 0.3) is 0 Å². The number of carbonyl (C=O) groups is 1. The Balaban J connectivity index is 1.65. The highest BCUT2D eigenvalue weighted by atomic mass is 35.5. The molecule has 1 amide bonds. The van der Waals surface area contributed by atoms with Crippen molar-refractivity contribution in [3.63, 3.8) is 0 Å². The molecule has 1 N–H and O–H groups in total. The SMILES string of the molecule is CCCOC1CCCN(CCC(=O)NCc2cccc(Cl)c2)C1. The number of rotatable bonds is 8. The average molecular weight is 339 g/mol. The van der Waals surface area contributed by atoms with E-state index in [9.17, 15) is 4.79 Å². The summed E-state index contributed by atoms with van der Waals surface area (Å²) in [6.07, 6.45) is 4.21. The Morgan fingerprint density at radius 1 is 1.48 bits per heavy atom. The van der Waals surface area contributed by atoms with E-state index in [-0.39, 0.29) is 5.91 Å². The van der Waals surface area contributed by atoms with E-state index in [1.54, 1.807) is 0 Å². The van der Waals surface area contributed by atoms with Gasteiger partial charge in [0.2, 0.25) is 5.91 Å². The fraction of sp³-hybridized carbons (Fsp3) is 0.611. The predicted molar refractivity (Wildman–Crippen MR) is 93.6 cm³/mol. The molecular formula is C18H27ClN2O2. The van der Waals surface area contributed by atoms with Crippen molar-refractivity contribution < 1.29 is 9.53 Å². The zero-order valence-electron chi connectivity index (χ0n) is 13.9. The molecule has 1 aromatic rings. The van der Waals surface area contributed by atoms with Crippen molar-refractivity contribution >= 4 is 17.5 Å². The molecule has 4 nitrogen and oxygen atoms in total. The molecule has 0 saturated carbocycles.